The molecule has 0 saturated carbocycles. The molecule has 1 aliphatic rings. The van der Waals surface area contributed by atoms with E-state index in [0.717, 1.165) is 17.8 Å². The van der Waals surface area contributed by atoms with E-state index in [1.165, 1.54) is 0 Å². The molecule has 1 fully saturated rings. The highest BCUT2D eigenvalue weighted by Crippen LogP contribution is 2.22. The van der Waals surface area contributed by atoms with Gasteiger partial charge in [-0.3, -0.25) is 0 Å². The third-order valence-electron chi connectivity index (χ3n) is 1.83. The number of carbonyl (C=O) groups is 3. The first-order valence-electron chi connectivity index (χ1n) is 5.15. The lowest BCUT2D eigenvalue weighted by Crippen LogP contribution is -2.30. The fourth-order valence-corrected chi connectivity index (χ4v) is 1.71. The van der Waals surface area contributed by atoms with Crippen LogP contribution < -0.4 is 5.32 Å². The number of carbonyl (C=O) groups excluding carboxylic acids is 3. The van der Waals surface area contributed by atoms with Gasteiger partial charge in [0.25, 0.3) is 0 Å². The molecule has 18 heavy (non-hydrogen) atoms. The molecule has 1 amide bonds. The summed E-state index contributed by atoms with van der Waals surface area (Å²) >= 11 is 0.996. The predicted octanol–water partition coefficient (Wildman–Crippen LogP) is 0.694. The van der Waals surface area contributed by atoms with Crippen LogP contribution in [0.4, 0.5) is 9.59 Å². The lowest BCUT2D eigenvalue weighted by Gasteiger charge is -2.08. The van der Waals surface area contributed by atoms with Gasteiger partial charge in [-0.25, -0.2) is 14.4 Å². The molecule has 0 bridgehead atoms. The van der Waals surface area contributed by atoms with Crippen LogP contribution in [0.3, 0.4) is 0 Å². The van der Waals surface area contributed by atoms with Crippen LogP contribution in [0.1, 0.15) is 0 Å². The van der Waals surface area contributed by atoms with Crippen molar-refractivity contribution in [3.63, 3.8) is 0 Å². The summed E-state index contributed by atoms with van der Waals surface area (Å²) in [6.07, 6.45) is 0.400. The maximum absolute atomic E-state index is 11.2. The minimum absolute atomic E-state index is 0.0414. The van der Waals surface area contributed by atoms with Crippen molar-refractivity contribution in [3.8, 4) is 0 Å². The topological polar surface area (TPSA) is 90.9 Å². The van der Waals surface area contributed by atoms with Crippen LogP contribution in [-0.4, -0.2) is 49.0 Å². The van der Waals surface area contributed by atoms with Crippen LogP contribution in [0, 0.1) is 0 Å². The Bertz CT molecular complexity index is 345. The lowest BCUT2D eigenvalue weighted by molar-refractivity contribution is -0.137. The van der Waals surface area contributed by atoms with Crippen molar-refractivity contribution in [1.29, 1.82) is 0 Å². The third-order valence-corrected chi connectivity index (χ3v) is 2.75. The van der Waals surface area contributed by atoms with Gasteiger partial charge >= 0.3 is 17.4 Å². The Kier molecular flexibility index (Phi) is 6.06. The molecule has 1 rings (SSSR count). The SMILES string of the molecule is C=CC(=O)OCCNC(=O)OCC1COC(=O)S1. The lowest BCUT2D eigenvalue weighted by atomic mass is 10.5. The molecule has 0 radical (unpaired) electrons. The van der Waals surface area contributed by atoms with Gasteiger partial charge in [0, 0.05) is 6.08 Å². The fraction of sp³-hybridized carbons (Fsp3) is 0.500. The van der Waals surface area contributed by atoms with Gasteiger partial charge in [-0.05, 0) is 11.8 Å². The highest BCUT2D eigenvalue weighted by Gasteiger charge is 2.25. The first kappa shape index (κ1) is 14.4. The molecule has 0 aromatic rings. The number of nitrogens with one attached hydrogen (secondary N) is 1. The van der Waals surface area contributed by atoms with Crippen LogP contribution in [-0.2, 0) is 19.0 Å². The summed E-state index contributed by atoms with van der Waals surface area (Å²) in [5, 5.41) is 1.86. The van der Waals surface area contributed by atoms with E-state index in [2.05, 4.69) is 21.4 Å². The molecule has 0 aliphatic carbocycles. The van der Waals surface area contributed by atoms with E-state index in [-0.39, 0.29) is 36.9 Å². The number of thioether (sulfide) groups is 1. The number of rotatable bonds is 6. The molecule has 7 nitrogen and oxygen atoms in total. The maximum atomic E-state index is 11.2. The van der Waals surface area contributed by atoms with E-state index in [4.69, 9.17) is 4.74 Å². The van der Waals surface area contributed by atoms with Crippen molar-refractivity contribution in [2.45, 2.75) is 5.25 Å². The van der Waals surface area contributed by atoms with E-state index >= 15 is 0 Å². The fourth-order valence-electron chi connectivity index (χ4n) is 1.03. The molecule has 0 spiro atoms. The van der Waals surface area contributed by atoms with Crippen molar-refractivity contribution < 1.29 is 28.6 Å². The first-order chi connectivity index (χ1) is 8.61. The van der Waals surface area contributed by atoms with E-state index in [1.807, 2.05) is 0 Å². The van der Waals surface area contributed by atoms with Crippen LogP contribution in [0.25, 0.3) is 0 Å². The Morgan fingerprint density at radius 1 is 1.56 bits per heavy atom. The molecule has 0 aromatic heterocycles. The molecule has 1 unspecified atom stereocenters. The summed E-state index contributed by atoms with van der Waals surface area (Å²) in [6.45, 7) is 3.75. The zero-order valence-electron chi connectivity index (χ0n) is 9.55. The molecule has 1 heterocycles. The van der Waals surface area contributed by atoms with Gasteiger partial charge in [0.2, 0.25) is 0 Å². The predicted molar refractivity (Wildman–Crippen MR) is 63.2 cm³/mol. The van der Waals surface area contributed by atoms with E-state index in [1.54, 1.807) is 0 Å². The number of esters is 1. The zero-order chi connectivity index (χ0) is 13.4. The van der Waals surface area contributed by atoms with Gasteiger partial charge in [-0.15, -0.1) is 0 Å². The van der Waals surface area contributed by atoms with Gasteiger partial charge in [0.15, 0.2) is 0 Å². The molecule has 1 atom stereocenters. The summed E-state index contributed by atoms with van der Waals surface area (Å²) in [6, 6.07) is 0. The van der Waals surface area contributed by atoms with Crippen molar-refractivity contribution in [1.82, 2.24) is 5.32 Å². The minimum atomic E-state index is -0.635. The Morgan fingerprint density at radius 2 is 2.33 bits per heavy atom. The smallest absolute Gasteiger partial charge is 0.407 e. The summed E-state index contributed by atoms with van der Waals surface area (Å²) in [4.78, 5) is 32.6. The third kappa shape index (κ3) is 5.58. The van der Waals surface area contributed by atoms with Crippen LogP contribution >= 0.6 is 11.8 Å². The number of amides is 1. The summed E-state index contributed by atoms with van der Waals surface area (Å²) in [5.41, 5.74) is 0. The first-order valence-corrected chi connectivity index (χ1v) is 6.03. The second kappa shape index (κ2) is 7.59. The number of alkyl carbamates (subject to hydrolysis) is 1. The standard InChI is InChI=1S/C10H13NO6S/c1-2-8(12)15-4-3-11-9(13)16-5-7-6-17-10(14)18-7/h2,7H,1,3-6H2,(H,11,13). The number of hydrogen-bond donors (Lipinski definition) is 1. The molecular formula is C10H13NO6S. The van der Waals surface area contributed by atoms with Gasteiger partial charge in [0.1, 0.15) is 19.8 Å². The van der Waals surface area contributed by atoms with E-state index in [9.17, 15) is 14.4 Å². The molecular weight excluding hydrogens is 262 g/mol. The van der Waals surface area contributed by atoms with Crippen LogP contribution in [0.5, 0.6) is 0 Å². The second-order valence-corrected chi connectivity index (χ2v) is 4.43. The largest absolute Gasteiger partial charge is 0.461 e. The summed E-state index contributed by atoms with van der Waals surface area (Å²) in [5.74, 6) is -0.553. The minimum Gasteiger partial charge on any atom is -0.461 e. The van der Waals surface area contributed by atoms with E-state index in [0.29, 0.717) is 0 Å². The summed E-state index contributed by atoms with van der Waals surface area (Å²) < 4.78 is 14.2. The molecule has 0 aromatic carbocycles. The molecule has 8 heteroatoms. The van der Waals surface area contributed by atoms with Gasteiger partial charge in [0.05, 0.1) is 11.8 Å². The molecule has 100 valence electrons. The Labute approximate surface area is 108 Å². The normalized spacial score (nSPS) is 17.8. The quantitative estimate of drug-likeness (QED) is 0.330. The monoisotopic (exact) mass is 275 g/mol. The van der Waals surface area contributed by atoms with Gasteiger partial charge in [-0.2, -0.15) is 0 Å². The Balaban J connectivity index is 2.02. The van der Waals surface area contributed by atoms with E-state index < -0.39 is 12.1 Å². The van der Waals surface area contributed by atoms with Gasteiger partial charge < -0.3 is 19.5 Å². The Morgan fingerprint density at radius 3 is 2.94 bits per heavy atom. The van der Waals surface area contributed by atoms with Crippen molar-refractivity contribution in [2.24, 2.45) is 0 Å². The highest BCUT2D eigenvalue weighted by atomic mass is 32.2. The molecule has 1 saturated heterocycles. The van der Waals surface area contributed by atoms with Crippen molar-refractivity contribution in [2.75, 3.05) is 26.4 Å². The van der Waals surface area contributed by atoms with Gasteiger partial charge in [-0.1, -0.05) is 6.58 Å². The zero-order valence-corrected chi connectivity index (χ0v) is 10.4. The second-order valence-electron chi connectivity index (χ2n) is 3.20. The Hall–Kier alpha value is -1.70. The average molecular weight is 275 g/mol. The van der Waals surface area contributed by atoms with Crippen LogP contribution in [0.15, 0.2) is 12.7 Å². The number of cyclic esters (lactones) is 1. The van der Waals surface area contributed by atoms with Crippen molar-refractivity contribution in [3.05, 3.63) is 12.7 Å². The molecule has 1 N–H and O–H groups in total. The highest BCUT2D eigenvalue weighted by molar-refractivity contribution is 8.14. The average Bonchev–Trinajstić information content (AvgIpc) is 2.77. The van der Waals surface area contributed by atoms with Crippen molar-refractivity contribution >= 4 is 29.1 Å². The summed E-state index contributed by atoms with van der Waals surface area (Å²) in [7, 11) is 0. The number of ether oxygens (including phenoxy) is 3. The number of hydrogen-bond acceptors (Lipinski definition) is 7. The molecule has 1 aliphatic heterocycles. The maximum Gasteiger partial charge on any atom is 0.407 e. The van der Waals surface area contributed by atoms with Crippen LogP contribution in [0.2, 0.25) is 0 Å².